The zero-order chi connectivity index (χ0) is 19.6. The standard InChI is InChI=1S/C23H37ClO3/c1-2-3-4-5-6-7-8-9-10-11-12-13-14-19-26-23(25)20-27-22-17-15-21(24)16-18-22/h15-18H,2-14,19-20H2,1H3. The molecule has 0 bridgehead atoms. The van der Waals surface area contributed by atoms with E-state index in [1.54, 1.807) is 24.3 Å². The zero-order valence-corrected chi connectivity index (χ0v) is 17.8. The van der Waals surface area contributed by atoms with Crippen LogP contribution in [0.1, 0.15) is 90.4 Å². The van der Waals surface area contributed by atoms with Crippen molar-refractivity contribution in [1.82, 2.24) is 0 Å². The molecule has 27 heavy (non-hydrogen) atoms. The number of halogens is 1. The van der Waals surface area contributed by atoms with Crippen molar-refractivity contribution in [3.63, 3.8) is 0 Å². The van der Waals surface area contributed by atoms with Gasteiger partial charge in [0.1, 0.15) is 5.75 Å². The molecule has 0 aliphatic rings. The Balaban J connectivity index is 1.81. The number of benzene rings is 1. The molecule has 0 N–H and O–H groups in total. The fourth-order valence-corrected chi connectivity index (χ4v) is 3.15. The van der Waals surface area contributed by atoms with Crippen LogP contribution in [0, 0.1) is 0 Å². The second-order valence-electron chi connectivity index (χ2n) is 7.21. The summed E-state index contributed by atoms with van der Waals surface area (Å²) < 4.78 is 10.6. The lowest BCUT2D eigenvalue weighted by Gasteiger charge is -2.07. The van der Waals surface area contributed by atoms with Gasteiger partial charge in [0.25, 0.3) is 0 Å². The fraction of sp³-hybridized carbons (Fsp3) is 0.696. The Morgan fingerprint density at radius 2 is 1.26 bits per heavy atom. The molecule has 1 aromatic carbocycles. The van der Waals surface area contributed by atoms with Crippen molar-refractivity contribution in [1.29, 1.82) is 0 Å². The van der Waals surface area contributed by atoms with E-state index in [-0.39, 0.29) is 12.6 Å². The molecule has 0 heterocycles. The summed E-state index contributed by atoms with van der Waals surface area (Å²) in [7, 11) is 0. The van der Waals surface area contributed by atoms with E-state index >= 15 is 0 Å². The lowest BCUT2D eigenvalue weighted by Crippen LogP contribution is -2.15. The minimum absolute atomic E-state index is 0.0555. The highest BCUT2D eigenvalue weighted by atomic mass is 35.5. The molecule has 0 saturated heterocycles. The maximum Gasteiger partial charge on any atom is 0.344 e. The Kier molecular flexibility index (Phi) is 14.9. The van der Waals surface area contributed by atoms with Crippen LogP contribution in [-0.4, -0.2) is 19.2 Å². The smallest absolute Gasteiger partial charge is 0.344 e. The number of rotatable bonds is 17. The van der Waals surface area contributed by atoms with Crippen LogP contribution in [0.3, 0.4) is 0 Å². The van der Waals surface area contributed by atoms with Gasteiger partial charge >= 0.3 is 5.97 Å². The molecule has 0 radical (unpaired) electrons. The lowest BCUT2D eigenvalue weighted by molar-refractivity contribution is -0.146. The molecular weight excluding hydrogens is 360 g/mol. The highest BCUT2D eigenvalue weighted by molar-refractivity contribution is 6.30. The molecular formula is C23H37ClO3. The van der Waals surface area contributed by atoms with Gasteiger partial charge < -0.3 is 9.47 Å². The van der Waals surface area contributed by atoms with Crippen molar-refractivity contribution < 1.29 is 14.3 Å². The maximum atomic E-state index is 11.6. The first-order valence-electron chi connectivity index (χ1n) is 10.8. The first-order chi connectivity index (χ1) is 13.2. The number of hydrogen-bond donors (Lipinski definition) is 0. The van der Waals surface area contributed by atoms with Crippen LogP contribution < -0.4 is 4.74 Å². The summed E-state index contributed by atoms with van der Waals surface area (Å²) >= 11 is 5.80. The van der Waals surface area contributed by atoms with E-state index < -0.39 is 0 Å². The van der Waals surface area contributed by atoms with E-state index in [1.807, 2.05) is 0 Å². The number of carbonyl (C=O) groups is 1. The third-order valence-corrected chi connectivity index (χ3v) is 4.93. The lowest BCUT2D eigenvalue weighted by atomic mass is 10.0. The first kappa shape index (κ1) is 23.8. The quantitative estimate of drug-likeness (QED) is 0.204. The molecule has 0 atom stereocenters. The SMILES string of the molecule is CCCCCCCCCCCCCCCOC(=O)COc1ccc(Cl)cc1. The average Bonchev–Trinajstić information content (AvgIpc) is 2.68. The van der Waals surface area contributed by atoms with Crippen LogP contribution in [0.25, 0.3) is 0 Å². The maximum absolute atomic E-state index is 11.6. The van der Waals surface area contributed by atoms with Crippen molar-refractivity contribution in [2.45, 2.75) is 90.4 Å². The van der Waals surface area contributed by atoms with Gasteiger partial charge in [-0.05, 0) is 30.7 Å². The van der Waals surface area contributed by atoms with Crippen LogP contribution in [-0.2, 0) is 9.53 Å². The fourth-order valence-electron chi connectivity index (χ4n) is 3.02. The first-order valence-corrected chi connectivity index (χ1v) is 11.1. The summed E-state index contributed by atoms with van der Waals surface area (Å²) in [5.41, 5.74) is 0. The number of esters is 1. The predicted octanol–water partition coefficient (Wildman–Crippen LogP) is 7.35. The van der Waals surface area contributed by atoms with E-state index in [1.165, 1.54) is 70.6 Å². The molecule has 0 spiro atoms. The van der Waals surface area contributed by atoms with Gasteiger partial charge in [0.15, 0.2) is 6.61 Å². The van der Waals surface area contributed by atoms with E-state index in [0.29, 0.717) is 17.4 Å². The topological polar surface area (TPSA) is 35.5 Å². The molecule has 0 aliphatic heterocycles. The van der Waals surface area contributed by atoms with Gasteiger partial charge in [-0.25, -0.2) is 4.79 Å². The van der Waals surface area contributed by atoms with Crippen LogP contribution in [0.5, 0.6) is 5.75 Å². The molecule has 1 aromatic rings. The van der Waals surface area contributed by atoms with Gasteiger partial charge in [-0.1, -0.05) is 95.6 Å². The summed E-state index contributed by atoms with van der Waals surface area (Å²) in [5.74, 6) is 0.307. The second kappa shape index (κ2) is 16.9. The molecule has 154 valence electrons. The second-order valence-corrected chi connectivity index (χ2v) is 7.64. The molecule has 0 amide bonds. The van der Waals surface area contributed by atoms with Crippen molar-refractivity contribution >= 4 is 17.6 Å². The number of unbranched alkanes of at least 4 members (excludes halogenated alkanes) is 12. The summed E-state index contributed by atoms with van der Waals surface area (Å²) in [6.07, 6.45) is 17.0. The molecule has 1 rings (SSSR count). The Labute approximate surface area is 170 Å². The zero-order valence-electron chi connectivity index (χ0n) is 17.0. The van der Waals surface area contributed by atoms with Crippen molar-refractivity contribution in [2.24, 2.45) is 0 Å². The Bertz CT molecular complexity index is 473. The number of ether oxygens (including phenoxy) is 2. The molecule has 0 aliphatic carbocycles. The Morgan fingerprint density at radius 3 is 1.78 bits per heavy atom. The number of carbonyl (C=O) groups excluding carboxylic acids is 1. The third kappa shape index (κ3) is 14.5. The molecule has 0 unspecified atom stereocenters. The Hall–Kier alpha value is -1.22. The summed E-state index contributed by atoms with van der Waals surface area (Å²) in [6.45, 7) is 2.70. The van der Waals surface area contributed by atoms with Crippen LogP contribution in [0.4, 0.5) is 0 Å². The van der Waals surface area contributed by atoms with Crippen LogP contribution in [0.15, 0.2) is 24.3 Å². The minimum atomic E-state index is -0.316. The van der Waals surface area contributed by atoms with Gasteiger partial charge in [-0.3, -0.25) is 0 Å². The van der Waals surface area contributed by atoms with Gasteiger partial charge in [-0.2, -0.15) is 0 Å². The normalized spacial score (nSPS) is 10.7. The molecule has 0 saturated carbocycles. The van der Waals surface area contributed by atoms with E-state index in [9.17, 15) is 4.79 Å². The van der Waals surface area contributed by atoms with Crippen molar-refractivity contribution in [2.75, 3.05) is 13.2 Å². The highest BCUT2D eigenvalue weighted by Crippen LogP contribution is 2.15. The molecule has 0 aromatic heterocycles. The Morgan fingerprint density at radius 1 is 0.778 bits per heavy atom. The monoisotopic (exact) mass is 396 g/mol. The third-order valence-electron chi connectivity index (χ3n) is 4.68. The molecule has 4 heteroatoms. The van der Waals surface area contributed by atoms with Gasteiger partial charge in [0.05, 0.1) is 6.61 Å². The van der Waals surface area contributed by atoms with Gasteiger partial charge in [0, 0.05) is 5.02 Å². The van der Waals surface area contributed by atoms with Gasteiger partial charge in [-0.15, -0.1) is 0 Å². The molecule has 3 nitrogen and oxygen atoms in total. The minimum Gasteiger partial charge on any atom is -0.482 e. The largest absolute Gasteiger partial charge is 0.482 e. The van der Waals surface area contributed by atoms with Gasteiger partial charge in [0.2, 0.25) is 0 Å². The van der Waals surface area contributed by atoms with E-state index in [4.69, 9.17) is 21.1 Å². The van der Waals surface area contributed by atoms with Crippen LogP contribution in [0.2, 0.25) is 5.02 Å². The highest BCUT2D eigenvalue weighted by Gasteiger charge is 2.04. The number of hydrogen-bond acceptors (Lipinski definition) is 3. The summed E-state index contributed by atoms with van der Waals surface area (Å²) in [6, 6.07) is 6.94. The van der Waals surface area contributed by atoms with Crippen molar-refractivity contribution in [3.8, 4) is 5.75 Å². The van der Waals surface area contributed by atoms with Crippen molar-refractivity contribution in [3.05, 3.63) is 29.3 Å². The van der Waals surface area contributed by atoms with E-state index in [0.717, 1.165) is 12.8 Å². The van der Waals surface area contributed by atoms with E-state index in [2.05, 4.69) is 6.92 Å². The summed E-state index contributed by atoms with van der Waals surface area (Å²) in [5, 5.41) is 0.646. The predicted molar refractivity (Wildman–Crippen MR) is 114 cm³/mol. The average molecular weight is 397 g/mol. The van der Waals surface area contributed by atoms with Crippen LogP contribution >= 0.6 is 11.6 Å². The molecule has 0 fully saturated rings. The summed E-state index contributed by atoms with van der Waals surface area (Å²) in [4.78, 5) is 11.6.